The van der Waals surface area contributed by atoms with Crippen LogP contribution in [0.25, 0.3) is 11.3 Å². The van der Waals surface area contributed by atoms with Gasteiger partial charge in [-0.15, -0.1) is 0 Å². The molecular formula is C18H19F5N2O2. The summed E-state index contributed by atoms with van der Waals surface area (Å²) in [6.45, 7) is 2.47. The van der Waals surface area contributed by atoms with E-state index < -0.39 is 52.5 Å². The van der Waals surface area contributed by atoms with Crippen LogP contribution in [0.1, 0.15) is 30.7 Å². The molecule has 0 aliphatic rings. The average Bonchev–Trinajstić information content (AvgIpc) is 2.54. The van der Waals surface area contributed by atoms with Crippen molar-refractivity contribution in [3.63, 3.8) is 0 Å². The van der Waals surface area contributed by atoms with E-state index in [2.05, 4.69) is 4.98 Å². The number of halogens is 5. The first-order valence-corrected chi connectivity index (χ1v) is 7.92. The minimum atomic E-state index is -5.20. The molecule has 0 unspecified atom stereocenters. The van der Waals surface area contributed by atoms with Crippen molar-refractivity contribution in [2.75, 3.05) is 6.54 Å². The van der Waals surface area contributed by atoms with Gasteiger partial charge in [-0.1, -0.05) is 0 Å². The van der Waals surface area contributed by atoms with Gasteiger partial charge in [0.15, 0.2) is 5.82 Å². The monoisotopic (exact) mass is 390 g/mol. The quantitative estimate of drug-likeness (QED) is 0.700. The van der Waals surface area contributed by atoms with E-state index in [1.54, 1.807) is 0 Å². The number of rotatable bonds is 4. The normalized spacial score (nSPS) is 14.9. The molecule has 0 spiro atoms. The smallest absolute Gasteiger partial charge is 0.386 e. The zero-order valence-corrected chi connectivity index (χ0v) is 14.8. The van der Waals surface area contributed by atoms with Crippen LogP contribution >= 0.6 is 0 Å². The van der Waals surface area contributed by atoms with Gasteiger partial charge >= 0.3 is 6.18 Å². The lowest BCUT2D eigenvalue weighted by molar-refractivity contribution is -0.263. The minimum absolute atomic E-state index is 0.0136. The summed E-state index contributed by atoms with van der Waals surface area (Å²) in [4.78, 5) is 3.64. The molecule has 0 saturated carbocycles. The molecule has 0 aliphatic heterocycles. The largest absolute Gasteiger partial charge is 0.424 e. The molecule has 0 amide bonds. The van der Waals surface area contributed by atoms with Crippen molar-refractivity contribution in [1.29, 1.82) is 0 Å². The molecular weight excluding hydrogens is 371 g/mol. The Morgan fingerprint density at radius 2 is 1.67 bits per heavy atom. The zero-order valence-electron chi connectivity index (χ0n) is 14.8. The van der Waals surface area contributed by atoms with Crippen LogP contribution in [0.5, 0.6) is 0 Å². The number of alkyl halides is 3. The predicted molar refractivity (Wildman–Crippen MR) is 88.6 cm³/mol. The summed E-state index contributed by atoms with van der Waals surface area (Å²) in [6, 6.07) is 3.99. The Balaban J connectivity index is 2.87. The van der Waals surface area contributed by atoms with Gasteiger partial charge in [-0.05, 0) is 50.6 Å². The van der Waals surface area contributed by atoms with Gasteiger partial charge < -0.3 is 15.9 Å². The Hall–Kier alpha value is -2.10. The molecule has 0 aliphatic carbocycles. The van der Waals surface area contributed by atoms with Crippen molar-refractivity contribution < 1.29 is 32.2 Å². The fraction of sp³-hybridized carbons (Fsp3) is 0.389. The molecule has 2 aromatic rings. The molecule has 2 rings (SSSR count). The van der Waals surface area contributed by atoms with Crippen molar-refractivity contribution in [2.24, 2.45) is 5.73 Å². The lowest BCUT2D eigenvalue weighted by atomic mass is 9.90. The summed E-state index contributed by atoms with van der Waals surface area (Å²) < 4.78 is 68.6. The van der Waals surface area contributed by atoms with E-state index in [0.29, 0.717) is 6.07 Å². The van der Waals surface area contributed by atoms with E-state index in [1.165, 1.54) is 26.8 Å². The van der Waals surface area contributed by atoms with E-state index in [0.717, 1.165) is 12.1 Å². The van der Waals surface area contributed by atoms with Gasteiger partial charge in [-0.2, -0.15) is 13.2 Å². The summed E-state index contributed by atoms with van der Waals surface area (Å²) in [6.07, 6.45) is -5.20. The number of nitrogens with two attached hydrogens (primary N) is 1. The van der Waals surface area contributed by atoms with Crippen LogP contribution in [0.4, 0.5) is 22.0 Å². The third-order valence-corrected chi connectivity index (χ3v) is 4.24. The van der Waals surface area contributed by atoms with Crippen LogP contribution in [0.15, 0.2) is 24.3 Å². The number of hydrogen-bond acceptors (Lipinski definition) is 4. The van der Waals surface area contributed by atoms with Gasteiger partial charge in [-0.25, -0.2) is 13.8 Å². The molecule has 27 heavy (non-hydrogen) atoms. The standard InChI is InChI=1S/C18H19F5N2O2/c1-9-6-10(4-5-12(9)19)15-14(20)11(16(2,3)26)7-13(25-15)17(27,8-24)18(21,22)23/h4-7,26-27H,8,24H2,1-3H3/t17-/m0/s1. The molecule has 0 bridgehead atoms. The van der Waals surface area contributed by atoms with Crippen molar-refractivity contribution >= 4 is 0 Å². The second kappa shape index (κ2) is 6.81. The van der Waals surface area contributed by atoms with Gasteiger partial charge in [0.2, 0.25) is 5.60 Å². The number of hydrogen-bond donors (Lipinski definition) is 3. The number of nitrogens with zero attached hydrogens (tertiary/aromatic N) is 1. The van der Waals surface area contributed by atoms with Crippen LogP contribution in [0, 0.1) is 18.6 Å². The first-order valence-electron chi connectivity index (χ1n) is 7.92. The molecule has 4 N–H and O–H groups in total. The van der Waals surface area contributed by atoms with E-state index >= 15 is 0 Å². The lowest BCUT2D eigenvalue weighted by Crippen LogP contribution is -2.49. The Morgan fingerprint density at radius 1 is 1.07 bits per heavy atom. The van der Waals surface area contributed by atoms with Crippen molar-refractivity contribution in [3.05, 3.63) is 52.7 Å². The zero-order chi connectivity index (χ0) is 20.8. The molecule has 1 aromatic heterocycles. The van der Waals surface area contributed by atoms with Crippen LogP contribution in [-0.4, -0.2) is 27.9 Å². The van der Waals surface area contributed by atoms with Crippen LogP contribution in [-0.2, 0) is 11.2 Å². The summed E-state index contributed by atoms with van der Waals surface area (Å²) in [5.74, 6) is -1.68. The molecule has 1 heterocycles. The molecule has 0 saturated heterocycles. The minimum Gasteiger partial charge on any atom is -0.386 e. The SMILES string of the molecule is Cc1cc(-c2nc([C@@](O)(CN)C(F)(F)F)cc(C(C)(C)O)c2F)ccc1F. The molecule has 148 valence electrons. The third-order valence-electron chi connectivity index (χ3n) is 4.24. The number of aromatic nitrogens is 1. The molecule has 9 heteroatoms. The van der Waals surface area contributed by atoms with Gasteiger partial charge in [0.05, 0.1) is 11.3 Å². The average molecular weight is 390 g/mol. The lowest BCUT2D eigenvalue weighted by Gasteiger charge is -2.30. The number of aliphatic hydroxyl groups is 2. The second-order valence-corrected chi connectivity index (χ2v) is 6.80. The van der Waals surface area contributed by atoms with E-state index in [4.69, 9.17) is 5.73 Å². The van der Waals surface area contributed by atoms with Crippen LogP contribution < -0.4 is 5.73 Å². The molecule has 4 nitrogen and oxygen atoms in total. The Labute approximate surface area is 152 Å². The van der Waals surface area contributed by atoms with Gasteiger partial charge in [0.1, 0.15) is 11.5 Å². The fourth-order valence-corrected chi connectivity index (χ4v) is 2.54. The summed E-state index contributed by atoms with van der Waals surface area (Å²) >= 11 is 0. The Bertz CT molecular complexity index is 862. The number of benzene rings is 1. The highest BCUT2D eigenvalue weighted by atomic mass is 19.4. The fourth-order valence-electron chi connectivity index (χ4n) is 2.54. The molecule has 0 radical (unpaired) electrons. The second-order valence-electron chi connectivity index (χ2n) is 6.80. The first kappa shape index (κ1) is 21.2. The highest BCUT2D eigenvalue weighted by Gasteiger charge is 2.55. The van der Waals surface area contributed by atoms with Gasteiger partial charge in [-0.3, -0.25) is 0 Å². The summed E-state index contributed by atoms with van der Waals surface area (Å²) in [5.41, 5.74) is -2.23. The van der Waals surface area contributed by atoms with Gasteiger partial charge in [0.25, 0.3) is 0 Å². The topological polar surface area (TPSA) is 79.4 Å². The highest BCUT2D eigenvalue weighted by molar-refractivity contribution is 5.63. The van der Waals surface area contributed by atoms with Crippen molar-refractivity contribution in [2.45, 2.75) is 38.1 Å². The summed E-state index contributed by atoms with van der Waals surface area (Å²) in [7, 11) is 0. The van der Waals surface area contributed by atoms with E-state index in [-0.39, 0.29) is 11.1 Å². The van der Waals surface area contributed by atoms with E-state index in [9.17, 15) is 32.2 Å². The van der Waals surface area contributed by atoms with Gasteiger partial charge in [0, 0.05) is 17.7 Å². The first-order chi connectivity index (χ1) is 12.2. The number of aryl methyl sites for hydroxylation is 1. The number of pyridine rings is 1. The van der Waals surface area contributed by atoms with E-state index in [1.807, 2.05) is 0 Å². The maximum atomic E-state index is 14.9. The van der Waals surface area contributed by atoms with Crippen molar-refractivity contribution in [3.8, 4) is 11.3 Å². The maximum Gasteiger partial charge on any atom is 0.424 e. The Morgan fingerprint density at radius 3 is 2.11 bits per heavy atom. The molecule has 1 aromatic carbocycles. The van der Waals surface area contributed by atoms with Crippen molar-refractivity contribution in [1.82, 2.24) is 4.98 Å². The Kier molecular flexibility index (Phi) is 5.35. The highest BCUT2D eigenvalue weighted by Crippen LogP contribution is 2.40. The van der Waals surface area contributed by atoms with Crippen LogP contribution in [0.2, 0.25) is 0 Å². The third kappa shape index (κ3) is 3.80. The predicted octanol–water partition coefficient (Wildman–Crippen LogP) is 3.27. The summed E-state index contributed by atoms with van der Waals surface area (Å²) in [5, 5.41) is 20.3. The van der Waals surface area contributed by atoms with Crippen LogP contribution in [0.3, 0.4) is 0 Å². The molecule has 0 fully saturated rings. The maximum absolute atomic E-state index is 14.9. The molecule has 1 atom stereocenters.